The van der Waals surface area contributed by atoms with Crippen LogP contribution < -0.4 is 5.32 Å². The Kier molecular flexibility index (Phi) is 3.71. The van der Waals surface area contributed by atoms with E-state index in [2.05, 4.69) is 23.4 Å². The Morgan fingerprint density at radius 2 is 2.08 bits per heavy atom. The number of hydrogen-bond donors (Lipinski definition) is 1. The van der Waals surface area contributed by atoms with E-state index in [4.69, 9.17) is 4.98 Å². The van der Waals surface area contributed by atoms with Crippen molar-refractivity contribution in [3.05, 3.63) is 41.2 Å². The fourth-order valence-electron chi connectivity index (χ4n) is 3.25. The van der Waals surface area contributed by atoms with Gasteiger partial charge in [-0.15, -0.1) is 0 Å². The Hall–Kier alpha value is -2.43. The van der Waals surface area contributed by atoms with Crippen molar-refractivity contribution >= 4 is 22.5 Å². The number of carbonyl (C=O) groups is 1. The molecule has 24 heavy (non-hydrogen) atoms. The van der Waals surface area contributed by atoms with Gasteiger partial charge in [0.05, 0.1) is 5.52 Å². The van der Waals surface area contributed by atoms with Crippen molar-refractivity contribution in [3.63, 3.8) is 0 Å². The highest BCUT2D eigenvalue weighted by atomic mass is 16.1. The van der Waals surface area contributed by atoms with Crippen molar-refractivity contribution < 1.29 is 4.79 Å². The summed E-state index contributed by atoms with van der Waals surface area (Å²) in [5.41, 5.74) is 5.02. The van der Waals surface area contributed by atoms with E-state index in [0.29, 0.717) is 18.8 Å². The Labute approximate surface area is 141 Å². The van der Waals surface area contributed by atoms with Gasteiger partial charge in [0.2, 0.25) is 5.91 Å². The number of aromatic nitrogens is 3. The number of benzene rings is 1. The fourth-order valence-corrected chi connectivity index (χ4v) is 3.25. The van der Waals surface area contributed by atoms with Gasteiger partial charge in [0, 0.05) is 29.7 Å². The van der Waals surface area contributed by atoms with Crippen LogP contribution in [-0.2, 0) is 11.2 Å². The maximum Gasteiger partial charge on any atom is 0.220 e. The molecule has 0 bridgehead atoms. The molecule has 2 heterocycles. The van der Waals surface area contributed by atoms with Gasteiger partial charge in [-0.2, -0.15) is 5.10 Å². The van der Waals surface area contributed by atoms with Gasteiger partial charge < -0.3 is 5.32 Å². The van der Waals surface area contributed by atoms with E-state index in [1.165, 1.54) is 12.8 Å². The van der Waals surface area contributed by atoms with Crippen molar-refractivity contribution in [3.8, 4) is 0 Å². The molecule has 4 rings (SSSR count). The molecule has 1 aliphatic carbocycles. The average molecular weight is 322 g/mol. The third-order valence-electron chi connectivity index (χ3n) is 4.90. The van der Waals surface area contributed by atoms with Crippen LogP contribution in [0.1, 0.15) is 36.2 Å². The summed E-state index contributed by atoms with van der Waals surface area (Å²) in [6.07, 6.45) is 3.72. The van der Waals surface area contributed by atoms with E-state index >= 15 is 0 Å². The zero-order valence-electron chi connectivity index (χ0n) is 14.2. The van der Waals surface area contributed by atoms with Crippen LogP contribution >= 0.6 is 0 Å². The number of fused-ring (bicyclic) bond motifs is 3. The number of rotatable bonds is 5. The predicted octanol–water partition coefficient (Wildman–Crippen LogP) is 2.96. The minimum Gasteiger partial charge on any atom is -0.356 e. The second-order valence-electron chi connectivity index (χ2n) is 6.76. The van der Waals surface area contributed by atoms with E-state index in [9.17, 15) is 4.79 Å². The first-order chi connectivity index (χ1) is 11.6. The summed E-state index contributed by atoms with van der Waals surface area (Å²) in [6, 6.07) is 8.05. The lowest BCUT2D eigenvalue weighted by molar-refractivity contribution is -0.121. The van der Waals surface area contributed by atoms with Crippen molar-refractivity contribution in [2.75, 3.05) is 6.54 Å². The van der Waals surface area contributed by atoms with Crippen molar-refractivity contribution in [2.24, 2.45) is 5.92 Å². The Morgan fingerprint density at radius 1 is 1.29 bits per heavy atom. The number of nitrogens with one attached hydrogen (secondary N) is 1. The van der Waals surface area contributed by atoms with Gasteiger partial charge in [-0.1, -0.05) is 12.1 Å². The smallest absolute Gasteiger partial charge is 0.220 e. The molecule has 0 unspecified atom stereocenters. The van der Waals surface area contributed by atoms with Crippen LogP contribution in [0, 0.1) is 19.8 Å². The van der Waals surface area contributed by atoms with Gasteiger partial charge in [0.25, 0.3) is 0 Å². The number of aryl methyl sites for hydroxylation is 2. The molecule has 124 valence electrons. The van der Waals surface area contributed by atoms with Crippen LogP contribution in [0.15, 0.2) is 24.3 Å². The second-order valence-corrected chi connectivity index (χ2v) is 6.76. The first-order valence-corrected chi connectivity index (χ1v) is 8.63. The zero-order valence-corrected chi connectivity index (χ0v) is 14.2. The molecule has 5 nitrogen and oxygen atoms in total. The largest absolute Gasteiger partial charge is 0.356 e. The zero-order chi connectivity index (χ0) is 16.7. The van der Waals surface area contributed by atoms with E-state index in [1.54, 1.807) is 0 Å². The highest BCUT2D eigenvalue weighted by Crippen LogP contribution is 2.27. The van der Waals surface area contributed by atoms with Crippen LogP contribution in [0.4, 0.5) is 0 Å². The maximum absolute atomic E-state index is 12.0. The SMILES string of the molecule is Cc1nc2c3ccccc3nn2c(C)c1CCC(=O)NCC1CC1. The van der Waals surface area contributed by atoms with Crippen LogP contribution in [0.5, 0.6) is 0 Å². The molecule has 1 N–H and O–H groups in total. The summed E-state index contributed by atoms with van der Waals surface area (Å²) in [5, 5.41) is 8.76. The minimum absolute atomic E-state index is 0.131. The number of nitrogens with zero attached hydrogens (tertiary/aromatic N) is 3. The van der Waals surface area contributed by atoms with Crippen LogP contribution in [0.3, 0.4) is 0 Å². The van der Waals surface area contributed by atoms with Gasteiger partial charge in [-0.25, -0.2) is 9.50 Å². The van der Waals surface area contributed by atoms with Gasteiger partial charge in [0.1, 0.15) is 0 Å². The van der Waals surface area contributed by atoms with Crippen LogP contribution in [-0.4, -0.2) is 27.0 Å². The molecule has 0 aliphatic heterocycles. The molecule has 0 radical (unpaired) electrons. The molecule has 5 heteroatoms. The Balaban J connectivity index is 1.60. The van der Waals surface area contributed by atoms with Gasteiger partial charge in [-0.3, -0.25) is 4.79 Å². The van der Waals surface area contributed by atoms with E-state index in [1.807, 2.05) is 29.6 Å². The van der Waals surface area contributed by atoms with Gasteiger partial charge in [-0.05, 0) is 56.7 Å². The van der Waals surface area contributed by atoms with E-state index < -0.39 is 0 Å². The number of amides is 1. The van der Waals surface area contributed by atoms with Crippen molar-refractivity contribution in [2.45, 2.75) is 39.5 Å². The predicted molar refractivity (Wildman–Crippen MR) is 94.0 cm³/mol. The highest BCUT2D eigenvalue weighted by Gasteiger charge is 2.21. The quantitative estimate of drug-likeness (QED) is 0.785. The molecule has 0 saturated heterocycles. The third kappa shape index (κ3) is 2.75. The molecule has 1 aliphatic rings. The monoisotopic (exact) mass is 322 g/mol. The number of carbonyl (C=O) groups excluding carboxylic acids is 1. The molecule has 1 amide bonds. The minimum atomic E-state index is 0.131. The molecular weight excluding hydrogens is 300 g/mol. The second kappa shape index (κ2) is 5.89. The van der Waals surface area contributed by atoms with Gasteiger partial charge >= 0.3 is 0 Å². The van der Waals surface area contributed by atoms with E-state index in [-0.39, 0.29) is 5.91 Å². The third-order valence-corrected chi connectivity index (χ3v) is 4.90. The average Bonchev–Trinajstić information content (AvgIpc) is 3.33. The lowest BCUT2D eigenvalue weighted by Gasteiger charge is -2.11. The topological polar surface area (TPSA) is 59.3 Å². The molecular formula is C19H22N4O. The van der Waals surface area contributed by atoms with E-state index in [0.717, 1.165) is 40.0 Å². The normalized spacial score (nSPS) is 14.4. The molecule has 3 aromatic rings. The highest BCUT2D eigenvalue weighted by molar-refractivity contribution is 5.92. The molecule has 1 saturated carbocycles. The first-order valence-electron chi connectivity index (χ1n) is 8.63. The van der Waals surface area contributed by atoms with Crippen molar-refractivity contribution in [1.82, 2.24) is 19.9 Å². The molecule has 0 atom stereocenters. The summed E-state index contributed by atoms with van der Waals surface area (Å²) in [6.45, 7) is 4.91. The van der Waals surface area contributed by atoms with Crippen molar-refractivity contribution in [1.29, 1.82) is 0 Å². The Bertz CT molecular complexity index is 924. The summed E-state index contributed by atoms with van der Waals surface area (Å²) >= 11 is 0. The molecule has 0 spiro atoms. The van der Waals surface area contributed by atoms with Crippen LogP contribution in [0.2, 0.25) is 0 Å². The van der Waals surface area contributed by atoms with Gasteiger partial charge in [0.15, 0.2) is 5.65 Å². The Morgan fingerprint density at radius 3 is 2.88 bits per heavy atom. The molecule has 2 aromatic heterocycles. The summed E-state index contributed by atoms with van der Waals surface area (Å²) in [5.74, 6) is 0.846. The molecule has 1 aromatic carbocycles. The molecule has 1 fully saturated rings. The fraction of sp³-hybridized carbons (Fsp3) is 0.421. The first kappa shape index (κ1) is 15.1. The standard InChI is InChI=1S/C19H22N4O/c1-12-15(9-10-18(24)20-11-14-7-8-14)13(2)23-19(21-12)16-5-3-4-6-17(16)22-23/h3-6,14H,7-11H2,1-2H3,(H,20,24). The summed E-state index contributed by atoms with van der Waals surface area (Å²) < 4.78 is 1.91. The van der Waals surface area contributed by atoms with Crippen LogP contribution in [0.25, 0.3) is 16.6 Å². The lowest BCUT2D eigenvalue weighted by atomic mass is 10.1. The maximum atomic E-state index is 12.0. The number of hydrogen-bond acceptors (Lipinski definition) is 3. The summed E-state index contributed by atoms with van der Waals surface area (Å²) in [4.78, 5) is 16.8. The lowest BCUT2D eigenvalue weighted by Crippen LogP contribution is -2.26. The summed E-state index contributed by atoms with van der Waals surface area (Å²) in [7, 11) is 0.